The van der Waals surface area contributed by atoms with Gasteiger partial charge in [0.25, 0.3) is 10.0 Å². The lowest BCUT2D eigenvalue weighted by Crippen LogP contribution is -2.37. The van der Waals surface area contributed by atoms with E-state index in [-0.39, 0.29) is 4.90 Å². The summed E-state index contributed by atoms with van der Waals surface area (Å²) in [4.78, 5) is 11.2. The molecule has 0 unspecified atom stereocenters. The van der Waals surface area contributed by atoms with E-state index in [4.69, 9.17) is 0 Å². The Morgan fingerprint density at radius 1 is 1.24 bits per heavy atom. The summed E-state index contributed by atoms with van der Waals surface area (Å²) in [7, 11) is -2.39. The van der Waals surface area contributed by atoms with Crippen molar-refractivity contribution < 1.29 is 13.2 Å². The maximum absolute atomic E-state index is 11.8. The third-order valence-corrected chi connectivity index (χ3v) is 4.16. The maximum atomic E-state index is 11.8. The van der Waals surface area contributed by atoms with Gasteiger partial charge < -0.3 is 5.32 Å². The number of urea groups is 1. The van der Waals surface area contributed by atoms with Gasteiger partial charge in [0, 0.05) is 7.05 Å². The van der Waals surface area contributed by atoms with Crippen LogP contribution in [-0.2, 0) is 22.9 Å². The van der Waals surface area contributed by atoms with Gasteiger partial charge in [-0.2, -0.15) is 0 Å². The molecule has 0 radical (unpaired) electrons. The average molecular weight is 254 g/mol. The number of rotatable bonds is 2. The van der Waals surface area contributed by atoms with E-state index in [1.54, 1.807) is 6.07 Å². The van der Waals surface area contributed by atoms with Crippen molar-refractivity contribution in [2.24, 2.45) is 0 Å². The molecule has 2 rings (SSSR count). The van der Waals surface area contributed by atoms with Gasteiger partial charge in [-0.1, -0.05) is 6.07 Å². The van der Waals surface area contributed by atoms with Gasteiger partial charge in [0.2, 0.25) is 0 Å². The van der Waals surface area contributed by atoms with Crippen LogP contribution in [0.3, 0.4) is 0 Å². The molecule has 1 aromatic carbocycles. The Kier molecular flexibility index (Phi) is 3.06. The summed E-state index contributed by atoms with van der Waals surface area (Å²) in [5.41, 5.74) is 2.26. The quantitative estimate of drug-likeness (QED) is 0.819. The standard InChI is InChI=1S/C11H14N2O3S/c1-12-11(14)13-17(15,16)10-6-5-8-3-2-4-9(8)7-10/h5-7H,2-4H2,1H3,(H2,12,13,14). The molecule has 0 atom stereocenters. The Hall–Kier alpha value is -1.56. The predicted molar refractivity (Wildman–Crippen MR) is 63.2 cm³/mol. The third-order valence-electron chi connectivity index (χ3n) is 2.83. The molecule has 2 N–H and O–H groups in total. The summed E-state index contributed by atoms with van der Waals surface area (Å²) in [6.45, 7) is 0. The second-order valence-electron chi connectivity index (χ2n) is 3.97. The third kappa shape index (κ3) is 2.41. The van der Waals surface area contributed by atoms with Crippen LogP contribution in [0.4, 0.5) is 4.79 Å². The van der Waals surface area contributed by atoms with Crippen molar-refractivity contribution in [3.63, 3.8) is 0 Å². The first kappa shape index (κ1) is 11.9. The Balaban J connectivity index is 2.31. The Labute approximate surface area is 100 Å². The van der Waals surface area contributed by atoms with Gasteiger partial charge in [-0.3, -0.25) is 0 Å². The second-order valence-corrected chi connectivity index (χ2v) is 5.65. The molecule has 1 aromatic rings. The molecule has 0 saturated carbocycles. The van der Waals surface area contributed by atoms with E-state index in [1.165, 1.54) is 18.7 Å². The molecule has 0 spiro atoms. The highest BCUT2D eigenvalue weighted by molar-refractivity contribution is 7.90. The van der Waals surface area contributed by atoms with E-state index in [9.17, 15) is 13.2 Å². The van der Waals surface area contributed by atoms with Gasteiger partial charge in [0.1, 0.15) is 0 Å². The number of sulfonamides is 1. The number of hydrogen-bond acceptors (Lipinski definition) is 3. The minimum Gasteiger partial charge on any atom is -0.340 e. The van der Waals surface area contributed by atoms with Crippen LogP contribution in [0.15, 0.2) is 23.1 Å². The van der Waals surface area contributed by atoms with E-state index in [0.717, 1.165) is 24.8 Å². The van der Waals surface area contributed by atoms with E-state index < -0.39 is 16.1 Å². The molecule has 0 fully saturated rings. The number of carbonyl (C=O) groups excluding carboxylic acids is 1. The maximum Gasteiger partial charge on any atom is 0.328 e. The molecule has 17 heavy (non-hydrogen) atoms. The van der Waals surface area contributed by atoms with Crippen molar-refractivity contribution in [1.29, 1.82) is 0 Å². The number of amides is 2. The lowest BCUT2D eigenvalue weighted by Gasteiger charge is -2.07. The van der Waals surface area contributed by atoms with Crippen LogP contribution in [0.2, 0.25) is 0 Å². The van der Waals surface area contributed by atoms with Crippen molar-refractivity contribution in [2.75, 3.05) is 7.05 Å². The van der Waals surface area contributed by atoms with Crippen LogP contribution in [0, 0.1) is 0 Å². The molecule has 6 heteroatoms. The fraction of sp³-hybridized carbons (Fsp3) is 0.364. The van der Waals surface area contributed by atoms with Crippen LogP contribution >= 0.6 is 0 Å². The Morgan fingerprint density at radius 3 is 2.65 bits per heavy atom. The molecule has 0 saturated heterocycles. The molecule has 92 valence electrons. The highest BCUT2D eigenvalue weighted by Gasteiger charge is 2.19. The SMILES string of the molecule is CNC(=O)NS(=O)(=O)c1ccc2c(c1)CCC2. The highest BCUT2D eigenvalue weighted by Crippen LogP contribution is 2.24. The van der Waals surface area contributed by atoms with Gasteiger partial charge in [0.05, 0.1) is 4.90 Å². The van der Waals surface area contributed by atoms with Gasteiger partial charge in [-0.25, -0.2) is 17.9 Å². The van der Waals surface area contributed by atoms with Crippen LogP contribution in [0.5, 0.6) is 0 Å². The smallest absolute Gasteiger partial charge is 0.328 e. The van der Waals surface area contributed by atoms with Crippen molar-refractivity contribution in [2.45, 2.75) is 24.2 Å². The van der Waals surface area contributed by atoms with Gasteiger partial charge in [-0.15, -0.1) is 0 Å². The van der Waals surface area contributed by atoms with Crippen molar-refractivity contribution in [3.8, 4) is 0 Å². The van der Waals surface area contributed by atoms with E-state index in [2.05, 4.69) is 5.32 Å². The number of aryl methyl sites for hydroxylation is 2. The van der Waals surface area contributed by atoms with Gasteiger partial charge >= 0.3 is 6.03 Å². The summed E-state index contributed by atoms with van der Waals surface area (Å²) < 4.78 is 25.6. The molecular weight excluding hydrogens is 240 g/mol. The molecule has 1 aliphatic rings. The first-order valence-electron chi connectivity index (χ1n) is 5.39. The molecular formula is C11H14N2O3S. The van der Waals surface area contributed by atoms with Crippen LogP contribution in [0.1, 0.15) is 17.5 Å². The summed E-state index contributed by atoms with van der Waals surface area (Å²) >= 11 is 0. The molecule has 0 aliphatic heterocycles. The monoisotopic (exact) mass is 254 g/mol. The minimum atomic E-state index is -3.76. The van der Waals surface area contributed by atoms with Crippen LogP contribution in [-0.4, -0.2) is 21.5 Å². The number of carbonyl (C=O) groups is 1. The zero-order chi connectivity index (χ0) is 12.5. The van der Waals surface area contributed by atoms with Crippen molar-refractivity contribution in [3.05, 3.63) is 29.3 Å². The van der Waals surface area contributed by atoms with Crippen molar-refractivity contribution in [1.82, 2.24) is 10.0 Å². The second kappa shape index (κ2) is 4.37. The Bertz CT molecular complexity index is 552. The minimum absolute atomic E-state index is 0.141. The zero-order valence-electron chi connectivity index (χ0n) is 9.49. The fourth-order valence-corrected chi connectivity index (χ4v) is 2.96. The predicted octanol–water partition coefficient (Wildman–Crippen LogP) is 0.793. The molecule has 1 aliphatic carbocycles. The molecule has 0 heterocycles. The van der Waals surface area contributed by atoms with Crippen molar-refractivity contribution >= 4 is 16.1 Å². The molecule has 0 aromatic heterocycles. The highest BCUT2D eigenvalue weighted by atomic mass is 32.2. The number of benzene rings is 1. The summed E-state index contributed by atoms with van der Waals surface area (Å²) in [5, 5.41) is 2.21. The molecule has 2 amide bonds. The van der Waals surface area contributed by atoms with Gasteiger partial charge in [-0.05, 0) is 42.5 Å². The average Bonchev–Trinajstić information content (AvgIpc) is 2.75. The first-order chi connectivity index (χ1) is 8.03. The number of hydrogen-bond donors (Lipinski definition) is 2. The lowest BCUT2D eigenvalue weighted by molar-refractivity contribution is 0.248. The normalized spacial score (nSPS) is 14.2. The number of nitrogens with one attached hydrogen (secondary N) is 2. The van der Waals surface area contributed by atoms with Crippen LogP contribution < -0.4 is 10.0 Å². The lowest BCUT2D eigenvalue weighted by atomic mass is 10.1. The summed E-state index contributed by atoms with van der Waals surface area (Å²) in [6.07, 6.45) is 2.96. The molecule has 5 nitrogen and oxygen atoms in total. The summed E-state index contributed by atoms with van der Waals surface area (Å²) in [6, 6.07) is 4.27. The van der Waals surface area contributed by atoms with E-state index >= 15 is 0 Å². The number of fused-ring (bicyclic) bond motifs is 1. The largest absolute Gasteiger partial charge is 0.340 e. The topological polar surface area (TPSA) is 75.3 Å². The fourth-order valence-electron chi connectivity index (χ4n) is 1.95. The Morgan fingerprint density at radius 2 is 1.94 bits per heavy atom. The summed E-state index contributed by atoms with van der Waals surface area (Å²) in [5.74, 6) is 0. The first-order valence-corrected chi connectivity index (χ1v) is 6.87. The van der Waals surface area contributed by atoms with Crippen LogP contribution in [0.25, 0.3) is 0 Å². The van der Waals surface area contributed by atoms with E-state index in [0.29, 0.717) is 0 Å². The van der Waals surface area contributed by atoms with Gasteiger partial charge in [0.15, 0.2) is 0 Å². The van der Waals surface area contributed by atoms with E-state index in [1.807, 2.05) is 10.8 Å². The zero-order valence-corrected chi connectivity index (χ0v) is 10.3. The molecule has 0 bridgehead atoms.